The second-order valence-electron chi connectivity index (χ2n) is 7.68. The molecule has 0 spiro atoms. The molecule has 0 aromatic heterocycles. The highest BCUT2D eigenvalue weighted by Gasteiger charge is 2.28. The molecule has 148 valence electrons. The molecule has 0 N–H and O–H groups in total. The molecule has 1 heteroatoms. The first-order valence-electron chi connectivity index (χ1n) is 10.6. The van der Waals surface area contributed by atoms with Gasteiger partial charge in [0.1, 0.15) is 6.04 Å². The third kappa shape index (κ3) is 4.15. The van der Waals surface area contributed by atoms with E-state index >= 15 is 0 Å². The summed E-state index contributed by atoms with van der Waals surface area (Å²) < 4.78 is 0. The predicted molar refractivity (Wildman–Crippen MR) is 129 cm³/mol. The van der Waals surface area contributed by atoms with E-state index in [4.69, 9.17) is 0 Å². The summed E-state index contributed by atoms with van der Waals surface area (Å²) in [5, 5.41) is 0. The van der Waals surface area contributed by atoms with E-state index in [-0.39, 0.29) is 6.04 Å². The average Bonchev–Trinajstić information content (AvgIpc) is 2.85. The number of rotatable bonds is 3. The Labute approximate surface area is 184 Å². The molecule has 4 aromatic rings. The first-order valence-corrected chi connectivity index (χ1v) is 10.6. The van der Waals surface area contributed by atoms with Crippen molar-refractivity contribution < 1.29 is 0 Å². The molecule has 1 heterocycles. The van der Waals surface area contributed by atoms with E-state index in [1.54, 1.807) is 0 Å². The van der Waals surface area contributed by atoms with Crippen molar-refractivity contribution in [1.29, 1.82) is 0 Å². The molecule has 0 aliphatic carbocycles. The number of benzene rings is 4. The van der Waals surface area contributed by atoms with Crippen molar-refractivity contribution in [2.75, 3.05) is 0 Å². The Morgan fingerprint density at radius 2 is 1.26 bits per heavy atom. The van der Waals surface area contributed by atoms with Crippen molar-refractivity contribution >= 4 is 11.8 Å². The van der Waals surface area contributed by atoms with Crippen LogP contribution in [0, 0.1) is 11.8 Å². The van der Waals surface area contributed by atoms with Crippen molar-refractivity contribution in [3.63, 3.8) is 0 Å². The van der Waals surface area contributed by atoms with Crippen molar-refractivity contribution in [3.8, 4) is 11.8 Å². The molecule has 31 heavy (non-hydrogen) atoms. The molecule has 1 aliphatic heterocycles. The molecule has 0 amide bonds. The summed E-state index contributed by atoms with van der Waals surface area (Å²) in [4.78, 5) is 2.43. The van der Waals surface area contributed by atoms with E-state index in [2.05, 4.69) is 120 Å². The standard InChI is InChI=1S/C30H23N/c1-4-12-24(13-5-1)20-21-29-28-19-11-10-18-27(28)22-30(26-16-8-3-9-17-26)31(29)23-25-14-6-2-7-15-25/h1-19,22,29H,23H2. The van der Waals surface area contributed by atoms with Crippen LogP contribution in [0.1, 0.15) is 33.9 Å². The molecule has 1 nitrogen and oxygen atoms in total. The summed E-state index contributed by atoms with van der Waals surface area (Å²) in [5.41, 5.74) is 7.21. The lowest BCUT2D eigenvalue weighted by Gasteiger charge is -2.37. The van der Waals surface area contributed by atoms with Gasteiger partial charge < -0.3 is 4.90 Å². The Bertz CT molecular complexity index is 1250. The van der Waals surface area contributed by atoms with Gasteiger partial charge in [-0.2, -0.15) is 0 Å². The molecular formula is C30H23N. The fraction of sp³-hybridized carbons (Fsp3) is 0.0667. The Kier molecular flexibility index (Phi) is 5.37. The Morgan fingerprint density at radius 1 is 0.645 bits per heavy atom. The summed E-state index contributed by atoms with van der Waals surface area (Å²) in [6.45, 7) is 0.796. The van der Waals surface area contributed by atoms with Gasteiger partial charge in [-0.25, -0.2) is 0 Å². The third-order valence-electron chi connectivity index (χ3n) is 5.60. The Balaban J connectivity index is 1.65. The molecule has 1 unspecified atom stereocenters. The summed E-state index contributed by atoms with van der Waals surface area (Å²) in [7, 11) is 0. The highest BCUT2D eigenvalue weighted by molar-refractivity contribution is 5.84. The minimum Gasteiger partial charge on any atom is -0.349 e. The number of hydrogen-bond acceptors (Lipinski definition) is 1. The van der Waals surface area contributed by atoms with Crippen LogP contribution < -0.4 is 0 Å². The Morgan fingerprint density at radius 3 is 2.00 bits per heavy atom. The van der Waals surface area contributed by atoms with Crippen molar-refractivity contribution in [1.82, 2.24) is 4.90 Å². The van der Waals surface area contributed by atoms with E-state index in [9.17, 15) is 0 Å². The van der Waals surface area contributed by atoms with Crippen LogP contribution in [0.3, 0.4) is 0 Å². The molecule has 0 bridgehead atoms. The van der Waals surface area contributed by atoms with Crippen LogP contribution in [0.5, 0.6) is 0 Å². The lowest BCUT2D eigenvalue weighted by atomic mass is 9.91. The fourth-order valence-electron chi connectivity index (χ4n) is 4.07. The van der Waals surface area contributed by atoms with Crippen LogP contribution in [-0.4, -0.2) is 4.90 Å². The predicted octanol–water partition coefficient (Wildman–Crippen LogP) is 6.79. The molecule has 5 rings (SSSR count). The molecule has 0 fully saturated rings. The summed E-state index contributed by atoms with van der Waals surface area (Å²) in [5.74, 6) is 7.02. The molecule has 0 radical (unpaired) electrons. The lowest BCUT2D eigenvalue weighted by molar-refractivity contribution is 0.343. The van der Waals surface area contributed by atoms with Gasteiger partial charge >= 0.3 is 0 Å². The SMILES string of the molecule is C(#CC1c2ccccc2C=C(c2ccccc2)N1Cc1ccccc1)c1ccccc1. The monoisotopic (exact) mass is 397 g/mol. The van der Waals surface area contributed by atoms with Gasteiger partial charge in [-0.05, 0) is 40.5 Å². The zero-order valence-electron chi connectivity index (χ0n) is 17.3. The molecule has 0 saturated heterocycles. The van der Waals surface area contributed by atoms with Gasteiger partial charge in [0, 0.05) is 17.8 Å². The molecular weight excluding hydrogens is 374 g/mol. The second kappa shape index (κ2) is 8.78. The summed E-state index contributed by atoms with van der Waals surface area (Å²) in [6.07, 6.45) is 2.30. The van der Waals surface area contributed by atoms with Crippen LogP contribution in [0.15, 0.2) is 115 Å². The summed E-state index contributed by atoms with van der Waals surface area (Å²) in [6, 6.07) is 40.1. The average molecular weight is 398 g/mol. The van der Waals surface area contributed by atoms with Crippen LogP contribution in [0.2, 0.25) is 0 Å². The van der Waals surface area contributed by atoms with E-state index in [0.717, 1.165) is 12.1 Å². The zero-order valence-corrected chi connectivity index (χ0v) is 17.3. The quantitative estimate of drug-likeness (QED) is 0.344. The van der Waals surface area contributed by atoms with Gasteiger partial charge in [-0.1, -0.05) is 115 Å². The van der Waals surface area contributed by atoms with Crippen LogP contribution >= 0.6 is 0 Å². The highest BCUT2D eigenvalue weighted by atomic mass is 15.2. The minimum absolute atomic E-state index is 0.0307. The number of hydrogen-bond donors (Lipinski definition) is 0. The molecule has 4 aromatic carbocycles. The topological polar surface area (TPSA) is 3.24 Å². The van der Waals surface area contributed by atoms with Gasteiger partial charge in [0.2, 0.25) is 0 Å². The van der Waals surface area contributed by atoms with Crippen molar-refractivity contribution in [2.45, 2.75) is 12.6 Å². The Hall–Kier alpha value is -4.02. The van der Waals surface area contributed by atoms with Gasteiger partial charge in [-0.15, -0.1) is 0 Å². The smallest absolute Gasteiger partial charge is 0.117 e. The maximum Gasteiger partial charge on any atom is 0.117 e. The van der Waals surface area contributed by atoms with E-state index in [1.165, 1.54) is 28.0 Å². The van der Waals surface area contributed by atoms with E-state index in [0.29, 0.717) is 0 Å². The number of nitrogens with zero attached hydrogens (tertiary/aromatic N) is 1. The lowest BCUT2D eigenvalue weighted by Crippen LogP contribution is -2.29. The van der Waals surface area contributed by atoms with Gasteiger partial charge in [0.05, 0.1) is 0 Å². The van der Waals surface area contributed by atoms with Crippen molar-refractivity contribution in [3.05, 3.63) is 143 Å². The largest absolute Gasteiger partial charge is 0.349 e. The highest BCUT2D eigenvalue weighted by Crippen LogP contribution is 2.39. The molecule has 1 aliphatic rings. The fourth-order valence-corrected chi connectivity index (χ4v) is 4.07. The number of fused-ring (bicyclic) bond motifs is 1. The van der Waals surface area contributed by atoms with E-state index in [1.807, 2.05) is 18.2 Å². The van der Waals surface area contributed by atoms with Crippen LogP contribution in [-0.2, 0) is 6.54 Å². The van der Waals surface area contributed by atoms with Gasteiger partial charge in [0.15, 0.2) is 0 Å². The van der Waals surface area contributed by atoms with Crippen molar-refractivity contribution in [2.24, 2.45) is 0 Å². The van der Waals surface area contributed by atoms with Gasteiger partial charge in [-0.3, -0.25) is 0 Å². The van der Waals surface area contributed by atoms with E-state index < -0.39 is 0 Å². The zero-order chi connectivity index (χ0) is 20.9. The molecule has 0 saturated carbocycles. The molecule has 1 atom stereocenters. The van der Waals surface area contributed by atoms with Gasteiger partial charge in [0.25, 0.3) is 0 Å². The second-order valence-corrected chi connectivity index (χ2v) is 7.68. The maximum absolute atomic E-state index is 3.60. The third-order valence-corrected chi connectivity index (χ3v) is 5.60. The minimum atomic E-state index is -0.0307. The first-order chi connectivity index (χ1) is 15.4. The van der Waals surface area contributed by atoms with Crippen LogP contribution in [0.4, 0.5) is 0 Å². The maximum atomic E-state index is 3.60. The first kappa shape index (κ1) is 19.0. The normalized spacial score (nSPS) is 14.8. The summed E-state index contributed by atoms with van der Waals surface area (Å²) >= 11 is 0. The van der Waals surface area contributed by atoms with Crippen LogP contribution in [0.25, 0.3) is 11.8 Å².